The van der Waals surface area contributed by atoms with Crippen LogP contribution in [0.3, 0.4) is 0 Å². The van der Waals surface area contributed by atoms with Gasteiger partial charge in [0.2, 0.25) is 0 Å². The van der Waals surface area contributed by atoms with Gasteiger partial charge in [0.15, 0.2) is 0 Å². The number of sulfonamides is 1. The topological polar surface area (TPSA) is 72.5 Å². The van der Waals surface area contributed by atoms with Crippen LogP contribution in [-0.4, -0.2) is 33.3 Å². The molecule has 1 N–H and O–H groups in total. The average Bonchev–Trinajstić information content (AvgIpc) is 2.13. The van der Waals surface area contributed by atoms with E-state index < -0.39 is 21.8 Å². The summed E-state index contributed by atoms with van der Waals surface area (Å²) < 4.78 is 50.8. The van der Waals surface area contributed by atoms with Crippen molar-refractivity contribution in [1.29, 1.82) is 0 Å². The predicted octanol–water partition coefficient (Wildman–Crippen LogP) is 0.472. The first-order chi connectivity index (χ1) is 6.90. The van der Waals surface area contributed by atoms with Gasteiger partial charge in [-0.05, 0) is 13.3 Å². The van der Waals surface area contributed by atoms with Crippen LogP contribution in [0, 0.1) is 0 Å². The second-order valence-corrected chi connectivity index (χ2v) is 4.34. The maximum Gasteiger partial charge on any atom is 0.350 e. The lowest BCUT2D eigenvalue weighted by atomic mass is 10.3. The van der Waals surface area contributed by atoms with Gasteiger partial charge in [-0.25, -0.2) is 13.1 Å². The van der Waals surface area contributed by atoms with Crippen molar-refractivity contribution in [2.75, 3.05) is 13.2 Å². The van der Waals surface area contributed by atoms with E-state index in [9.17, 15) is 22.0 Å². The van der Waals surface area contributed by atoms with Crippen molar-refractivity contribution in [3.05, 3.63) is 0 Å². The number of ether oxygens (including phenoxy) is 1. The normalized spacial score (nSPS) is 11.7. The largest absolute Gasteiger partial charge is 0.466 e. The van der Waals surface area contributed by atoms with Gasteiger partial charge in [0.1, 0.15) is 0 Å². The summed E-state index contributed by atoms with van der Waals surface area (Å²) in [5.41, 5.74) is 0. The minimum atomic E-state index is -4.54. The fourth-order valence-corrected chi connectivity index (χ4v) is 1.30. The van der Waals surface area contributed by atoms with Crippen molar-refractivity contribution in [3.63, 3.8) is 0 Å². The Hall–Kier alpha value is -0.760. The van der Waals surface area contributed by atoms with Crippen LogP contribution in [0.2, 0.25) is 0 Å². The quantitative estimate of drug-likeness (QED) is 0.523. The highest BCUT2D eigenvalue weighted by atomic mass is 32.2. The van der Waals surface area contributed by atoms with Gasteiger partial charge < -0.3 is 4.74 Å². The van der Waals surface area contributed by atoms with Gasteiger partial charge >= 0.3 is 11.7 Å². The highest BCUT2D eigenvalue weighted by Crippen LogP contribution is 2.01. The first-order valence-corrected chi connectivity index (χ1v) is 5.87. The van der Waals surface area contributed by atoms with Crippen molar-refractivity contribution >= 4 is 16.0 Å². The summed E-state index contributed by atoms with van der Waals surface area (Å²) in [6, 6.07) is 0. The maximum absolute atomic E-state index is 11.8. The molecule has 0 spiro atoms. The first-order valence-electron chi connectivity index (χ1n) is 4.32. The summed E-state index contributed by atoms with van der Waals surface area (Å²) >= 11 is 0. The zero-order valence-electron chi connectivity index (χ0n) is 8.20. The van der Waals surface area contributed by atoms with Crippen LogP contribution in [0.15, 0.2) is 0 Å². The molecule has 0 rings (SSSR count). The molecular weight excluding hydrogens is 232 g/mol. The summed E-state index contributed by atoms with van der Waals surface area (Å²) in [6.45, 7) is 1.67. The third-order valence-corrected chi connectivity index (χ3v) is 2.48. The first kappa shape index (κ1) is 14.2. The van der Waals surface area contributed by atoms with Crippen LogP contribution in [-0.2, 0) is 19.6 Å². The Morgan fingerprint density at radius 2 is 2.07 bits per heavy atom. The molecule has 0 aromatic carbocycles. The Morgan fingerprint density at radius 3 is 2.53 bits per heavy atom. The Morgan fingerprint density at radius 1 is 1.47 bits per heavy atom. The van der Waals surface area contributed by atoms with E-state index >= 15 is 0 Å². The van der Waals surface area contributed by atoms with Crippen molar-refractivity contribution in [3.8, 4) is 0 Å². The third-order valence-electron chi connectivity index (χ3n) is 1.40. The molecule has 0 heterocycles. The van der Waals surface area contributed by atoms with Crippen molar-refractivity contribution in [2.24, 2.45) is 0 Å². The van der Waals surface area contributed by atoms with Crippen molar-refractivity contribution in [2.45, 2.75) is 25.5 Å². The van der Waals surface area contributed by atoms with E-state index in [4.69, 9.17) is 0 Å². The number of carbonyl (C=O) groups is 1. The number of halogens is 2. The average molecular weight is 245 g/mol. The molecule has 0 bridgehead atoms. The molecule has 5 nitrogen and oxygen atoms in total. The van der Waals surface area contributed by atoms with Gasteiger partial charge in [0, 0.05) is 13.0 Å². The number of nitrogens with one attached hydrogen (secondary N) is 1. The zero-order chi connectivity index (χ0) is 11.9. The van der Waals surface area contributed by atoms with E-state index in [0.29, 0.717) is 0 Å². The predicted molar refractivity (Wildman–Crippen MR) is 48.8 cm³/mol. The minimum Gasteiger partial charge on any atom is -0.466 e. The summed E-state index contributed by atoms with van der Waals surface area (Å²) in [6.07, 6.45) is 0.129. The Balaban J connectivity index is 3.68. The lowest BCUT2D eigenvalue weighted by Gasteiger charge is -2.04. The number of alkyl halides is 2. The minimum absolute atomic E-state index is 0.000399. The molecule has 0 fully saturated rings. The molecule has 0 saturated heterocycles. The molecule has 15 heavy (non-hydrogen) atoms. The molecule has 0 aromatic rings. The zero-order valence-corrected chi connectivity index (χ0v) is 9.02. The van der Waals surface area contributed by atoms with E-state index in [-0.39, 0.29) is 26.0 Å². The summed E-state index contributed by atoms with van der Waals surface area (Å²) in [5, 5.41) is 0. The Kier molecular flexibility index (Phi) is 6.34. The molecule has 0 atom stereocenters. The molecule has 0 saturated carbocycles. The lowest BCUT2D eigenvalue weighted by molar-refractivity contribution is -0.143. The second kappa shape index (κ2) is 6.67. The third kappa shape index (κ3) is 6.34. The number of carbonyl (C=O) groups excluding carboxylic acids is 1. The van der Waals surface area contributed by atoms with E-state index in [1.54, 1.807) is 11.6 Å². The Labute approximate surface area is 86.8 Å². The molecule has 8 heteroatoms. The number of hydrogen-bond donors (Lipinski definition) is 1. The second-order valence-electron chi connectivity index (χ2n) is 2.61. The summed E-state index contributed by atoms with van der Waals surface area (Å²) in [5.74, 6) is -3.92. The van der Waals surface area contributed by atoms with Gasteiger partial charge in [-0.2, -0.15) is 8.78 Å². The van der Waals surface area contributed by atoms with Crippen LogP contribution in [0.4, 0.5) is 8.78 Å². The number of rotatable bonds is 7. The summed E-state index contributed by atoms with van der Waals surface area (Å²) in [4.78, 5) is 10.8. The molecule has 90 valence electrons. The fraction of sp³-hybridized carbons (Fsp3) is 0.857. The SMILES string of the molecule is CCOC(=O)CCCNS(=O)(=O)C(F)F. The van der Waals surface area contributed by atoms with Crippen LogP contribution < -0.4 is 4.72 Å². The summed E-state index contributed by atoms with van der Waals surface area (Å²) in [7, 11) is -4.54. The number of esters is 1. The van der Waals surface area contributed by atoms with Crippen molar-refractivity contribution in [1.82, 2.24) is 4.72 Å². The highest BCUT2D eigenvalue weighted by molar-refractivity contribution is 7.89. The molecule has 0 amide bonds. The van der Waals surface area contributed by atoms with Crippen LogP contribution >= 0.6 is 0 Å². The highest BCUT2D eigenvalue weighted by Gasteiger charge is 2.22. The standard InChI is InChI=1S/C7H13F2NO4S/c1-2-14-6(11)4-3-5-10-15(12,13)7(8)9/h7,10H,2-5H2,1H3. The van der Waals surface area contributed by atoms with Crippen LogP contribution in [0.25, 0.3) is 0 Å². The molecular formula is C7H13F2NO4S. The van der Waals surface area contributed by atoms with Gasteiger partial charge in [-0.15, -0.1) is 0 Å². The van der Waals surface area contributed by atoms with Gasteiger partial charge in [0.05, 0.1) is 6.61 Å². The van der Waals surface area contributed by atoms with Gasteiger partial charge in [-0.1, -0.05) is 0 Å². The molecule has 0 aliphatic heterocycles. The molecule has 0 aliphatic rings. The molecule has 0 radical (unpaired) electrons. The maximum atomic E-state index is 11.8. The number of hydrogen-bond acceptors (Lipinski definition) is 4. The molecule has 0 unspecified atom stereocenters. The lowest BCUT2D eigenvalue weighted by Crippen LogP contribution is -2.30. The van der Waals surface area contributed by atoms with Gasteiger partial charge in [0.25, 0.3) is 10.0 Å². The van der Waals surface area contributed by atoms with Gasteiger partial charge in [-0.3, -0.25) is 4.79 Å². The van der Waals surface area contributed by atoms with Crippen LogP contribution in [0.5, 0.6) is 0 Å². The van der Waals surface area contributed by atoms with Crippen molar-refractivity contribution < 1.29 is 26.7 Å². The van der Waals surface area contributed by atoms with E-state index in [0.717, 1.165) is 0 Å². The fourth-order valence-electron chi connectivity index (χ4n) is 0.743. The van der Waals surface area contributed by atoms with E-state index in [1.165, 1.54) is 0 Å². The van der Waals surface area contributed by atoms with Crippen LogP contribution in [0.1, 0.15) is 19.8 Å². The van der Waals surface area contributed by atoms with E-state index in [2.05, 4.69) is 4.74 Å². The molecule has 0 aromatic heterocycles. The smallest absolute Gasteiger partial charge is 0.350 e. The Bertz CT molecular complexity index is 291. The molecule has 0 aliphatic carbocycles. The van der Waals surface area contributed by atoms with E-state index in [1.807, 2.05) is 0 Å². The monoisotopic (exact) mass is 245 g/mol.